The summed E-state index contributed by atoms with van der Waals surface area (Å²) >= 11 is 40.9. The van der Waals surface area contributed by atoms with E-state index in [0.29, 0.717) is 0 Å². The summed E-state index contributed by atoms with van der Waals surface area (Å²) in [6.07, 6.45) is -1.54. The number of aliphatic hydroxyl groups excluding tert-OH is 1. The number of aliphatic hydroxyl groups is 1. The summed E-state index contributed by atoms with van der Waals surface area (Å²) in [5, 5.41) is 9.88. The Balaban J connectivity index is 2.66. The van der Waals surface area contributed by atoms with Gasteiger partial charge in [-0.2, -0.15) is 0 Å². The predicted molar refractivity (Wildman–Crippen MR) is 67.1 cm³/mol. The van der Waals surface area contributed by atoms with E-state index >= 15 is 0 Å². The van der Waals surface area contributed by atoms with Crippen molar-refractivity contribution in [1.29, 1.82) is 0 Å². The molecule has 0 unspecified atom stereocenters. The predicted octanol–water partition coefficient (Wildman–Crippen LogP) is 3.73. The average molecular weight is 367 g/mol. The molecule has 9 heteroatoms. The van der Waals surface area contributed by atoms with Crippen molar-refractivity contribution in [2.24, 2.45) is 0 Å². The van der Waals surface area contributed by atoms with Crippen LogP contribution in [0.2, 0.25) is 0 Å². The van der Waals surface area contributed by atoms with Gasteiger partial charge in [0.15, 0.2) is 19.8 Å². The lowest BCUT2D eigenvalue weighted by molar-refractivity contribution is 0.153. The molecule has 1 saturated carbocycles. The van der Waals surface area contributed by atoms with E-state index < -0.39 is 25.9 Å². The number of rotatable bonds is 0. The van der Waals surface area contributed by atoms with Gasteiger partial charge in [-0.3, -0.25) is 0 Å². The fraction of sp³-hybridized carbons (Fsp3) is 0.714. The lowest BCUT2D eigenvalue weighted by Crippen LogP contribution is -2.41. The first-order valence-corrected chi connectivity index (χ1v) is 6.62. The number of alkyl halides is 5. The second kappa shape index (κ2) is 3.84. The standard InChI is InChI=1S/C7H3Cl7O2/c8-2(9)1-5(4(10)16-5)7(13,14)3(15)6(1,11)12/h3-4,15H/t3-,4+,5+/m0/s1. The van der Waals surface area contributed by atoms with Gasteiger partial charge in [-0.25, -0.2) is 0 Å². The summed E-state index contributed by atoms with van der Waals surface area (Å²) < 4.78 is 1.14. The van der Waals surface area contributed by atoms with Gasteiger partial charge in [0.25, 0.3) is 0 Å². The van der Waals surface area contributed by atoms with Crippen molar-refractivity contribution in [3.8, 4) is 0 Å². The van der Waals surface area contributed by atoms with E-state index in [-0.39, 0.29) is 10.1 Å². The molecule has 1 N–H and O–H groups in total. The minimum atomic E-state index is -1.86. The van der Waals surface area contributed by atoms with Gasteiger partial charge in [-0.05, 0) is 0 Å². The van der Waals surface area contributed by atoms with E-state index in [1.54, 1.807) is 0 Å². The zero-order valence-electron chi connectivity index (χ0n) is 7.16. The second-order valence-corrected chi connectivity index (χ2v) is 7.57. The van der Waals surface area contributed by atoms with Crippen LogP contribution in [0.4, 0.5) is 0 Å². The van der Waals surface area contributed by atoms with Crippen LogP contribution >= 0.6 is 81.2 Å². The third-order valence-corrected chi connectivity index (χ3v) is 5.17. The smallest absolute Gasteiger partial charge is 0.183 e. The molecule has 0 aromatic carbocycles. The van der Waals surface area contributed by atoms with Crippen molar-refractivity contribution >= 4 is 81.2 Å². The summed E-state index contributed by atoms with van der Waals surface area (Å²) in [4.78, 5) is 0. The van der Waals surface area contributed by atoms with Crippen molar-refractivity contribution in [3.05, 3.63) is 10.1 Å². The molecular formula is C7H3Cl7O2. The Morgan fingerprint density at radius 1 is 1.19 bits per heavy atom. The summed E-state index contributed by atoms with van der Waals surface area (Å²) in [7, 11) is 0. The molecule has 0 aromatic rings. The molecule has 2 aliphatic rings. The summed E-state index contributed by atoms with van der Waals surface area (Å²) in [5.74, 6) is 0. The van der Waals surface area contributed by atoms with Crippen molar-refractivity contribution < 1.29 is 9.84 Å². The van der Waals surface area contributed by atoms with Crippen LogP contribution < -0.4 is 0 Å². The maximum atomic E-state index is 9.88. The highest BCUT2D eigenvalue weighted by Gasteiger charge is 2.83. The third-order valence-electron chi connectivity index (χ3n) is 2.63. The van der Waals surface area contributed by atoms with Gasteiger partial charge < -0.3 is 9.84 Å². The van der Waals surface area contributed by atoms with Gasteiger partial charge >= 0.3 is 0 Å². The van der Waals surface area contributed by atoms with Gasteiger partial charge in [0.05, 0.1) is 0 Å². The normalized spacial score (nSPS) is 43.9. The minimum absolute atomic E-state index is 0.0239. The quantitative estimate of drug-likeness (QED) is 0.523. The maximum absolute atomic E-state index is 9.88. The lowest BCUT2D eigenvalue weighted by atomic mass is 10.0. The molecule has 1 spiro atoms. The van der Waals surface area contributed by atoms with Crippen LogP contribution in [0, 0.1) is 0 Å². The number of halogens is 7. The summed E-state index contributed by atoms with van der Waals surface area (Å²) in [6.45, 7) is 0. The first-order chi connectivity index (χ1) is 7.10. The van der Waals surface area contributed by atoms with Crippen LogP contribution in [0.5, 0.6) is 0 Å². The lowest BCUT2D eigenvalue weighted by Gasteiger charge is -2.23. The molecule has 0 bridgehead atoms. The number of hydrogen-bond donors (Lipinski definition) is 1. The Hall–Kier alpha value is 1.69. The molecule has 16 heavy (non-hydrogen) atoms. The highest BCUT2D eigenvalue weighted by Crippen LogP contribution is 2.71. The van der Waals surface area contributed by atoms with Gasteiger partial charge in [-0.15, -0.1) is 0 Å². The Kier molecular flexibility index (Phi) is 3.39. The van der Waals surface area contributed by atoms with Crippen molar-refractivity contribution in [1.82, 2.24) is 0 Å². The molecule has 2 fully saturated rings. The second-order valence-electron chi connectivity index (χ2n) is 3.45. The minimum Gasteiger partial charge on any atom is -0.386 e. The zero-order chi connectivity index (χ0) is 12.5. The fourth-order valence-corrected chi connectivity index (χ4v) is 4.91. The third kappa shape index (κ3) is 1.49. The van der Waals surface area contributed by atoms with Gasteiger partial charge in [0.2, 0.25) is 0 Å². The molecule has 1 aliphatic heterocycles. The van der Waals surface area contributed by atoms with Crippen LogP contribution in [0.1, 0.15) is 0 Å². The maximum Gasteiger partial charge on any atom is 0.183 e. The average Bonchev–Trinajstić information content (AvgIpc) is 2.73. The molecule has 1 aliphatic carbocycles. The van der Waals surface area contributed by atoms with Crippen LogP contribution in [0.15, 0.2) is 10.1 Å². The molecule has 3 atom stereocenters. The highest BCUT2D eigenvalue weighted by atomic mass is 35.5. The van der Waals surface area contributed by atoms with Crippen molar-refractivity contribution in [3.63, 3.8) is 0 Å². The fourth-order valence-electron chi connectivity index (χ4n) is 1.78. The Morgan fingerprint density at radius 3 is 1.88 bits per heavy atom. The molecule has 2 rings (SSSR count). The molecule has 1 heterocycles. The molecule has 92 valence electrons. The topological polar surface area (TPSA) is 32.8 Å². The van der Waals surface area contributed by atoms with Gasteiger partial charge in [0.1, 0.15) is 10.6 Å². The zero-order valence-corrected chi connectivity index (χ0v) is 12.4. The Labute approximate surface area is 126 Å². The molecule has 2 nitrogen and oxygen atoms in total. The largest absolute Gasteiger partial charge is 0.386 e. The SMILES string of the molecule is O[C@H]1C(Cl)(Cl)C(=C(Cl)Cl)[C@]2(O[C@H]2Cl)C1(Cl)Cl. The summed E-state index contributed by atoms with van der Waals surface area (Å²) in [6, 6.07) is 0. The molecule has 0 amide bonds. The van der Waals surface area contributed by atoms with Crippen LogP contribution in [-0.2, 0) is 4.74 Å². The number of hydrogen-bond acceptors (Lipinski definition) is 2. The van der Waals surface area contributed by atoms with E-state index in [1.165, 1.54) is 0 Å². The van der Waals surface area contributed by atoms with Crippen LogP contribution in [-0.4, -0.2) is 31.0 Å². The van der Waals surface area contributed by atoms with Crippen molar-refractivity contribution in [2.45, 2.75) is 25.9 Å². The van der Waals surface area contributed by atoms with Crippen LogP contribution in [0.25, 0.3) is 0 Å². The highest BCUT2D eigenvalue weighted by molar-refractivity contribution is 6.62. The summed E-state index contributed by atoms with van der Waals surface area (Å²) in [5.41, 5.74) is -2.39. The first-order valence-electron chi connectivity index (χ1n) is 3.92. The number of epoxide rings is 1. The molecule has 0 aromatic heterocycles. The van der Waals surface area contributed by atoms with E-state index in [1.807, 2.05) is 0 Å². The monoisotopic (exact) mass is 364 g/mol. The Morgan fingerprint density at radius 2 is 1.62 bits per heavy atom. The molecule has 1 saturated heterocycles. The van der Waals surface area contributed by atoms with Gasteiger partial charge in [-0.1, -0.05) is 81.2 Å². The Bertz CT molecular complexity index is 375. The van der Waals surface area contributed by atoms with Gasteiger partial charge in [0, 0.05) is 5.57 Å². The molecular weight excluding hydrogens is 364 g/mol. The molecule has 0 radical (unpaired) electrons. The first kappa shape index (κ1) is 14.1. The van der Waals surface area contributed by atoms with E-state index in [2.05, 4.69) is 0 Å². The number of ether oxygens (including phenoxy) is 1. The van der Waals surface area contributed by atoms with E-state index in [0.717, 1.165) is 0 Å². The van der Waals surface area contributed by atoms with E-state index in [4.69, 9.17) is 85.9 Å². The van der Waals surface area contributed by atoms with E-state index in [9.17, 15) is 5.11 Å². The van der Waals surface area contributed by atoms with Crippen LogP contribution in [0.3, 0.4) is 0 Å². The van der Waals surface area contributed by atoms with Crippen molar-refractivity contribution in [2.75, 3.05) is 0 Å².